The van der Waals surface area contributed by atoms with Crippen molar-refractivity contribution in [2.24, 2.45) is 0 Å². The molecule has 0 radical (unpaired) electrons. The zero-order valence-corrected chi connectivity index (χ0v) is 19.5. The summed E-state index contributed by atoms with van der Waals surface area (Å²) in [7, 11) is -3.68. The molecular formula is C26H24N2O5S. The van der Waals surface area contributed by atoms with Gasteiger partial charge in [-0.3, -0.25) is 4.90 Å². The number of ether oxygens (including phenoxy) is 1. The fraction of sp³-hybridized carbons (Fsp3) is 0.269. The molecule has 1 saturated heterocycles. The minimum atomic E-state index is -3.68. The Morgan fingerprint density at radius 1 is 0.912 bits per heavy atom. The van der Waals surface area contributed by atoms with E-state index >= 15 is 0 Å². The van der Waals surface area contributed by atoms with E-state index < -0.39 is 10.0 Å². The third-order valence-corrected chi connectivity index (χ3v) is 8.78. The third-order valence-electron chi connectivity index (χ3n) is 6.88. The first-order valence-electron chi connectivity index (χ1n) is 11.4. The highest BCUT2D eigenvalue weighted by Crippen LogP contribution is 2.36. The van der Waals surface area contributed by atoms with E-state index in [1.54, 1.807) is 23.1 Å². The SMILES string of the molecule is Cc1cccc2c1N(C1CCN(S(=O)(=O)c3ccc4oc5ccccc5c4c3)CC1)C(=O)OC2. The van der Waals surface area contributed by atoms with E-state index in [2.05, 4.69) is 0 Å². The van der Waals surface area contributed by atoms with Crippen molar-refractivity contribution in [1.29, 1.82) is 0 Å². The van der Waals surface area contributed by atoms with Gasteiger partial charge in [-0.15, -0.1) is 0 Å². The second-order valence-electron chi connectivity index (χ2n) is 8.90. The molecule has 1 fully saturated rings. The van der Waals surface area contributed by atoms with Gasteiger partial charge in [0, 0.05) is 35.5 Å². The number of carbonyl (C=O) groups excluding carboxylic acids is 1. The maximum Gasteiger partial charge on any atom is 0.414 e. The number of sulfonamides is 1. The number of cyclic esters (lactones) is 1. The summed E-state index contributed by atoms with van der Waals surface area (Å²) in [6, 6.07) is 18.4. The maximum atomic E-state index is 13.5. The van der Waals surface area contributed by atoms with E-state index in [-0.39, 0.29) is 23.6 Å². The van der Waals surface area contributed by atoms with Crippen LogP contribution in [0.3, 0.4) is 0 Å². The van der Waals surface area contributed by atoms with Crippen LogP contribution in [-0.2, 0) is 21.4 Å². The zero-order valence-electron chi connectivity index (χ0n) is 18.7. The first kappa shape index (κ1) is 21.2. The summed E-state index contributed by atoms with van der Waals surface area (Å²) < 4.78 is 39.7. The van der Waals surface area contributed by atoms with Crippen molar-refractivity contribution in [2.45, 2.75) is 37.3 Å². The fourth-order valence-corrected chi connectivity index (χ4v) is 6.66. The predicted octanol–water partition coefficient (Wildman–Crippen LogP) is 5.20. The van der Waals surface area contributed by atoms with Gasteiger partial charge in [0.15, 0.2) is 0 Å². The number of fused-ring (bicyclic) bond motifs is 4. The molecule has 3 aromatic carbocycles. The Kier molecular flexibility index (Phi) is 4.89. The summed E-state index contributed by atoms with van der Waals surface area (Å²) in [6.45, 7) is 2.93. The lowest BCUT2D eigenvalue weighted by Crippen LogP contribution is -2.50. The molecule has 2 aliphatic rings. The van der Waals surface area contributed by atoms with Gasteiger partial charge in [-0.1, -0.05) is 36.4 Å². The number of piperidine rings is 1. The molecule has 7 nitrogen and oxygen atoms in total. The highest BCUT2D eigenvalue weighted by molar-refractivity contribution is 7.89. The highest BCUT2D eigenvalue weighted by atomic mass is 32.2. The summed E-state index contributed by atoms with van der Waals surface area (Å²) in [5.41, 5.74) is 4.30. The Morgan fingerprint density at radius 3 is 2.50 bits per heavy atom. The molecule has 4 aromatic rings. The highest BCUT2D eigenvalue weighted by Gasteiger charge is 2.37. The number of furan rings is 1. The van der Waals surface area contributed by atoms with Crippen molar-refractivity contribution >= 4 is 43.7 Å². The standard InChI is InChI=1S/C26H24N2O5S/c1-17-5-4-6-18-16-32-26(29)28(25(17)18)19-11-13-27(14-12-19)34(30,31)20-9-10-24-22(15-20)21-7-2-3-8-23(21)33-24/h2-10,15,19H,11-14,16H2,1H3. The Labute approximate surface area is 197 Å². The minimum absolute atomic E-state index is 0.112. The van der Waals surface area contributed by atoms with Crippen molar-refractivity contribution in [1.82, 2.24) is 4.31 Å². The largest absolute Gasteiger partial charge is 0.456 e. The molecule has 0 saturated carbocycles. The molecule has 0 aliphatic carbocycles. The Bertz CT molecular complexity index is 1530. The number of amides is 1. The number of rotatable bonds is 3. The van der Waals surface area contributed by atoms with E-state index in [9.17, 15) is 13.2 Å². The van der Waals surface area contributed by atoms with Gasteiger partial charge in [-0.2, -0.15) is 4.31 Å². The lowest BCUT2D eigenvalue weighted by Gasteiger charge is -2.40. The fourth-order valence-electron chi connectivity index (χ4n) is 5.17. The second kappa shape index (κ2) is 7.85. The molecule has 34 heavy (non-hydrogen) atoms. The van der Waals surface area contributed by atoms with E-state index in [0.29, 0.717) is 31.5 Å². The maximum absolute atomic E-state index is 13.5. The van der Waals surface area contributed by atoms with Crippen LogP contribution in [0.5, 0.6) is 0 Å². The number of carbonyl (C=O) groups is 1. The zero-order chi connectivity index (χ0) is 23.4. The second-order valence-corrected chi connectivity index (χ2v) is 10.8. The molecule has 1 amide bonds. The number of benzene rings is 3. The Hall–Kier alpha value is -3.36. The topological polar surface area (TPSA) is 80.1 Å². The van der Waals surface area contributed by atoms with E-state index in [4.69, 9.17) is 9.15 Å². The van der Waals surface area contributed by atoms with Crippen LogP contribution in [0.1, 0.15) is 24.0 Å². The van der Waals surface area contributed by atoms with Crippen LogP contribution in [0.25, 0.3) is 21.9 Å². The van der Waals surface area contributed by atoms with Gasteiger partial charge in [0.05, 0.1) is 10.6 Å². The van der Waals surface area contributed by atoms with Crippen LogP contribution in [0.4, 0.5) is 10.5 Å². The predicted molar refractivity (Wildman–Crippen MR) is 129 cm³/mol. The van der Waals surface area contributed by atoms with Gasteiger partial charge in [-0.25, -0.2) is 13.2 Å². The van der Waals surface area contributed by atoms with Crippen LogP contribution in [0, 0.1) is 6.92 Å². The van der Waals surface area contributed by atoms with Gasteiger partial charge < -0.3 is 9.15 Å². The average Bonchev–Trinajstić information content (AvgIpc) is 3.22. The van der Waals surface area contributed by atoms with Crippen molar-refractivity contribution in [3.63, 3.8) is 0 Å². The molecule has 0 atom stereocenters. The van der Waals surface area contributed by atoms with Crippen LogP contribution in [-0.4, -0.2) is 37.9 Å². The Balaban J connectivity index is 1.26. The van der Waals surface area contributed by atoms with Crippen molar-refractivity contribution in [3.05, 3.63) is 71.8 Å². The molecule has 0 spiro atoms. The van der Waals surface area contributed by atoms with Crippen LogP contribution in [0.2, 0.25) is 0 Å². The summed E-state index contributed by atoms with van der Waals surface area (Å²) >= 11 is 0. The van der Waals surface area contributed by atoms with Crippen LogP contribution >= 0.6 is 0 Å². The van der Waals surface area contributed by atoms with Crippen molar-refractivity contribution < 1.29 is 22.4 Å². The molecule has 1 aromatic heterocycles. The van der Waals surface area contributed by atoms with Gasteiger partial charge in [0.25, 0.3) is 0 Å². The van der Waals surface area contributed by atoms with E-state index in [1.165, 1.54) is 4.31 Å². The lowest BCUT2D eigenvalue weighted by molar-refractivity contribution is 0.135. The molecule has 8 heteroatoms. The minimum Gasteiger partial charge on any atom is -0.456 e. The molecule has 0 N–H and O–H groups in total. The quantitative estimate of drug-likeness (QED) is 0.406. The molecule has 0 unspecified atom stereocenters. The number of aryl methyl sites for hydroxylation is 1. The van der Waals surface area contributed by atoms with Gasteiger partial charge in [-0.05, 0) is 49.6 Å². The molecule has 174 valence electrons. The smallest absolute Gasteiger partial charge is 0.414 e. The molecule has 2 aliphatic heterocycles. The summed E-state index contributed by atoms with van der Waals surface area (Å²) in [4.78, 5) is 14.7. The molecule has 0 bridgehead atoms. The van der Waals surface area contributed by atoms with Crippen molar-refractivity contribution in [2.75, 3.05) is 18.0 Å². The number of hydrogen-bond donors (Lipinski definition) is 0. The van der Waals surface area contributed by atoms with Crippen LogP contribution in [0.15, 0.2) is 70.0 Å². The Morgan fingerprint density at radius 2 is 1.68 bits per heavy atom. The first-order chi connectivity index (χ1) is 16.4. The normalized spacial score (nSPS) is 17.8. The van der Waals surface area contributed by atoms with E-state index in [1.807, 2.05) is 49.4 Å². The van der Waals surface area contributed by atoms with Crippen LogP contribution < -0.4 is 4.90 Å². The van der Waals surface area contributed by atoms with Gasteiger partial charge >= 0.3 is 6.09 Å². The summed E-state index contributed by atoms with van der Waals surface area (Å²) in [5.74, 6) is 0. The first-order valence-corrected chi connectivity index (χ1v) is 12.8. The number of anilines is 1. The van der Waals surface area contributed by atoms with E-state index in [0.717, 1.165) is 33.2 Å². The van der Waals surface area contributed by atoms with Gasteiger partial charge in [0.2, 0.25) is 10.0 Å². The van der Waals surface area contributed by atoms with Crippen molar-refractivity contribution in [3.8, 4) is 0 Å². The monoisotopic (exact) mass is 476 g/mol. The van der Waals surface area contributed by atoms with Gasteiger partial charge in [0.1, 0.15) is 17.8 Å². The molecule has 6 rings (SSSR count). The number of nitrogens with zero attached hydrogens (tertiary/aromatic N) is 2. The molecule has 3 heterocycles. The lowest BCUT2D eigenvalue weighted by atomic mass is 10.00. The third kappa shape index (κ3) is 3.28. The summed E-state index contributed by atoms with van der Waals surface area (Å²) in [5, 5.41) is 1.68. The summed E-state index contributed by atoms with van der Waals surface area (Å²) in [6.07, 6.45) is 0.721. The number of hydrogen-bond acceptors (Lipinski definition) is 5. The molecular weight excluding hydrogens is 452 g/mol. The number of para-hydroxylation sites is 2. The average molecular weight is 477 g/mol.